The minimum absolute atomic E-state index is 0.0905. The highest BCUT2D eigenvalue weighted by Gasteiger charge is 2.17. The Balaban J connectivity index is 1.85. The number of aromatic nitrogens is 2. The number of aromatic amines is 1. The summed E-state index contributed by atoms with van der Waals surface area (Å²) in [4.78, 5) is 19.4. The van der Waals surface area contributed by atoms with Gasteiger partial charge in [-0.1, -0.05) is 23.7 Å². The third-order valence-corrected chi connectivity index (χ3v) is 4.41. The predicted octanol–water partition coefficient (Wildman–Crippen LogP) is 4.15. The van der Waals surface area contributed by atoms with Crippen LogP contribution in [0, 0.1) is 5.82 Å². The largest absolute Gasteiger partial charge is 0.394 e. The first-order valence-electron chi connectivity index (χ1n) is 12.0. The highest BCUT2D eigenvalue weighted by molar-refractivity contribution is 6.33. The van der Waals surface area contributed by atoms with Gasteiger partial charge in [0.1, 0.15) is 17.3 Å². The smallest absolute Gasteiger partial charge is 0.268 e. The Kier molecular flexibility index (Phi) is 4.17. The lowest BCUT2D eigenvalue weighted by Gasteiger charge is -2.16. The maximum Gasteiger partial charge on any atom is 0.268 e. The Labute approximate surface area is 183 Å². The van der Waals surface area contributed by atoms with Crippen molar-refractivity contribution in [3.05, 3.63) is 70.9 Å². The number of aliphatic hydroxyl groups excluding tert-OH is 1. The molecule has 0 radical (unpaired) electrons. The van der Waals surface area contributed by atoms with Gasteiger partial charge in [-0.25, -0.2) is 9.37 Å². The van der Waals surface area contributed by atoms with E-state index in [2.05, 4.69) is 20.6 Å². The lowest BCUT2D eigenvalue weighted by Crippen LogP contribution is -2.31. The van der Waals surface area contributed by atoms with E-state index in [4.69, 9.17) is 21.2 Å². The van der Waals surface area contributed by atoms with Crippen LogP contribution in [0.1, 0.15) is 45.4 Å². The Morgan fingerprint density at radius 2 is 2.14 bits per heavy atom. The number of halogens is 2. The lowest BCUT2D eigenvalue weighted by molar-refractivity contribution is 0.0912. The van der Waals surface area contributed by atoms with E-state index in [1.165, 1.54) is 42.6 Å². The maximum atomic E-state index is 13.2. The molecule has 0 saturated heterocycles. The fourth-order valence-corrected chi connectivity index (χ4v) is 2.92. The number of pyridine rings is 1. The highest BCUT2D eigenvalue weighted by atomic mass is 35.5. The lowest BCUT2D eigenvalue weighted by atomic mass is 10.1. The van der Waals surface area contributed by atoms with Crippen molar-refractivity contribution in [2.45, 2.75) is 25.8 Å². The molecule has 3 rings (SSSR count). The van der Waals surface area contributed by atoms with Gasteiger partial charge in [0.25, 0.3) is 5.91 Å². The molecule has 0 spiro atoms. The molecule has 6 nitrogen and oxygen atoms in total. The van der Waals surface area contributed by atoms with Crippen LogP contribution in [0.4, 0.5) is 10.2 Å². The first kappa shape index (κ1) is 13.3. The van der Waals surface area contributed by atoms with E-state index in [9.17, 15) is 14.3 Å². The van der Waals surface area contributed by atoms with Gasteiger partial charge in [-0.3, -0.25) is 4.79 Å². The molecule has 4 N–H and O–H groups in total. The Morgan fingerprint density at radius 1 is 1.38 bits per heavy atom. The van der Waals surface area contributed by atoms with Gasteiger partial charge in [-0.05, 0) is 43.5 Å². The number of carbonyl (C=O) groups excluding carboxylic acids is 1. The van der Waals surface area contributed by atoms with Crippen molar-refractivity contribution in [3.63, 3.8) is 0 Å². The molecule has 0 fully saturated rings. The second-order valence-electron chi connectivity index (χ2n) is 6.11. The van der Waals surface area contributed by atoms with Crippen LogP contribution < -0.4 is 10.6 Å². The first-order valence-corrected chi connectivity index (χ1v) is 8.84. The Bertz CT molecular complexity index is 1220. The third kappa shape index (κ3) is 5.13. The number of hydrogen-bond acceptors (Lipinski definition) is 4. The van der Waals surface area contributed by atoms with E-state index >= 15 is 0 Å². The number of H-pyrrole nitrogens is 1. The summed E-state index contributed by atoms with van der Waals surface area (Å²) in [6.45, 7) is -6.86. The van der Waals surface area contributed by atoms with Crippen LogP contribution in [0.15, 0.2) is 48.8 Å². The van der Waals surface area contributed by atoms with E-state index in [0.29, 0.717) is 11.1 Å². The average molecular weight is 424 g/mol. The van der Waals surface area contributed by atoms with E-state index in [1.54, 1.807) is 0 Å². The standard InChI is InChI=1S/C21H22ClFN4O2/c1-12(2)26-20-8-16(17(22)10-25-20)14-7-18(24-9-14)21(29)27-19(11-28)13-3-5-15(23)6-4-13/h3-10,12,19,24,28H,11H2,1-2H3,(H,25,26)(H,27,29)/t19-/m1/s1/i1D3,2D3,12D. The topological polar surface area (TPSA) is 90.0 Å². The number of anilines is 1. The molecule has 0 saturated carbocycles. The second-order valence-corrected chi connectivity index (χ2v) is 6.52. The minimum atomic E-state index is -3.22. The second kappa shape index (κ2) is 9.07. The van der Waals surface area contributed by atoms with Crippen LogP contribution in [0.3, 0.4) is 0 Å². The van der Waals surface area contributed by atoms with Crippen molar-refractivity contribution in [1.29, 1.82) is 0 Å². The minimum Gasteiger partial charge on any atom is -0.394 e. The number of hydrogen-bond donors (Lipinski definition) is 4. The number of nitrogens with zero attached hydrogens (tertiary/aromatic N) is 1. The van der Waals surface area contributed by atoms with E-state index in [0.717, 1.165) is 6.20 Å². The summed E-state index contributed by atoms with van der Waals surface area (Å²) in [6.07, 6.45) is 2.59. The van der Waals surface area contributed by atoms with Crippen molar-refractivity contribution in [1.82, 2.24) is 15.3 Å². The molecule has 0 aliphatic heterocycles. The van der Waals surface area contributed by atoms with Gasteiger partial charge in [0, 0.05) is 37.8 Å². The quantitative estimate of drug-likeness (QED) is 0.459. The SMILES string of the molecule is [2H]C([2H])([2H])C([2H])(Nc1cc(-c2c[nH]c(C(=O)N[C@H](CO)c3ccc(F)cc3)c2)c(Cl)cn1)C([2H])([2H])[2H]. The molecule has 8 heteroatoms. The third-order valence-electron chi connectivity index (χ3n) is 4.11. The molecule has 152 valence electrons. The number of nitrogens with one attached hydrogen (secondary N) is 3. The zero-order valence-electron chi connectivity index (χ0n) is 22.0. The molecule has 2 aromatic heterocycles. The van der Waals surface area contributed by atoms with Gasteiger partial charge in [0.15, 0.2) is 0 Å². The van der Waals surface area contributed by atoms with Crippen LogP contribution in [-0.4, -0.2) is 33.6 Å². The van der Waals surface area contributed by atoms with Crippen molar-refractivity contribution in [3.8, 4) is 11.1 Å². The van der Waals surface area contributed by atoms with Crippen LogP contribution in [0.5, 0.6) is 0 Å². The molecule has 0 aliphatic rings. The zero-order valence-corrected chi connectivity index (χ0v) is 15.7. The summed E-state index contributed by atoms with van der Waals surface area (Å²) in [5, 5.41) is 14.6. The number of carbonyl (C=O) groups is 1. The van der Waals surface area contributed by atoms with Crippen LogP contribution in [0.25, 0.3) is 11.1 Å². The maximum absolute atomic E-state index is 13.2. The molecular formula is C21H22ClFN4O2. The number of amides is 1. The first-order chi connectivity index (χ1) is 16.7. The van der Waals surface area contributed by atoms with Crippen molar-refractivity contribution < 1.29 is 23.9 Å². The summed E-state index contributed by atoms with van der Waals surface area (Å²) in [5.41, 5.74) is 1.25. The molecule has 1 amide bonds. The summed E-state index contributed by atoms with van der Waals surface area (Å²) >= 11 is 6.23. The van der Waals surface area contributed by atoms with Gasteiger partial charge in [-0.15, -0.1) is 0 Å². The van der Waals surface area contributed by atoms with Crippen LogP contribution in [0.2, 0.25) is 5.02 Å². The van der Waals surface area contributed by atoms with Gasteiger partial charge in [-0.2, -0.15) is 0 Å². The Morgan fingerprint density at radius 3 is 2.83 bits per heavy atom. The predicted molar refractivity (Wildman–Crippen MR) is 111 cm³/mol. The fraction of sp³-hybridized carbons (Fsp3) is 0.238. The Hall–Kier alpha value is -2.90. The number of aliphatic hydroxyl groups is 1. The molecule has 0 aliphatic carbocycles. The van der Waals surface area contributed by atoms with Gasteiger partial charge >= 0.3 is 0 Å². The van der Waals surface area contributed by atoms with E-state index in [-0.39, 0.29) is 22.1 Å². The van der Waals surface area contributed by atoms with Crippen LogP contribution in [-0.2, 0) is 0 Å². The van der Waals surface area contributed by atoms with Crippen LogP contribution >= 0.6 is 11.6 Å². The summed E-state index contributed by atoms with van der Waals surface area (Å²) < 4.78 is 66.5. The van der Waals surface area contributed by atoms with Gasteiger partial charge in [0.05, 0.1) is 19.0 Å². The monoisotopic (exact) mass is 423 g/mol. The number of rotatable bonds is 7. The molecular weight excluding hydrogens is 395 g/mol. The molecule has 2 heterocycles. The van der Waals surface area contributed by atoms with E-state index in [1.807, 2.05) is 0 Å². The molecule has 3 aromatic rings. The highest BCUT2D eigenvalue weighted by Crippen LogP contribution is 2.30. The molecule has 1 aromatic carbocycles. The summed E-state index contributed by atoms with van der Waals surface area (Å²) in [7, 11) is 0. The molecule has 0 unspecified atom stereocenters. The molecule has 0 bridgehead atoms. The van der Waals surface area contributed by atoms with Crippen molar-refractivity contribution in [2.75, 3.05) is 11.9 Å². The summed E-state index contributed by atoms with van der Waals surface area (Å²) in [5.74, 6) is -1.26. The zero-order chi connectivity index (χ0) is 26.9. The van der Waals surface area contributed by atoms with E-state index < -0.39 is 44.1 Å². The fourth-order valence-electron chi connectivity index (χ4n) is 2.70. The van der Waals surface area contributed by atoms with Crippen molar-refractivity contribution in [2.24, 2.45) is 0 Å². The van der Waals surface area contributed by atoms with Gasteiger partial charge in [0.2, 0.25) is 0 Å². The molecule has 1 atom stereocenters. The van der Waals surface area contributed by atoms with Crippen molar-refractivity contribution >= 4 is 23.3 Å². The average Bonchev–Trinajstić information content (AvgIpc) is 3.28. The normalized spacial score (nSPS) is 16.9. The van der Waals surface area contributed by atoms with Gasteiger partial charge < -0.3 is 20.7 Å². The molecule has 29 heavy (non-hydrogen) atoms. The summed E-state index contributed by atoms with van der Waals surface area (Å²) in [6, 6.07) is 4.15. The number of benzene rings is 1.